The van der Waals surface area contributed by atoms with Crippen LogP contribution in [0.2, 0.25) is 10.0 Å². The van der Waals surface area contributed by atoms with Gasteiger partial charge in [0.05, 0.1) is 35.1 Å². The number of likely N-dealkylation sites (N-methyl/N-ethyl adjacent to an activating group) is 1. The van der Waals surface area contributed by atoms with Crippen molar-refractivity contribution >= 4 is 45.7 Å². The number of halogens is 2. The number of fused-ring (bicyclic) bond motifs is 2. The van der Waals surface area contributed by atoms with Crippen molar-refractivity contribution in [3.8, 4) is 17.0 Å². The molecule has 4 aromatic rings. The van der Waals surface area contributed by atoms with Crippen molar-refractivity contribution in [1.29, 1.82) is 0 Å². The van der Waals surface area contributed by atoms with Crippen molar-refractivity contribution in [3.63, 3.8) is 0 Å². The molecule has 6 rings (SSSR count). The number of amides is 1. The number of hydrogen-bond acceptors (Lipinski definition) is 6. The number of anilines is 1. The Balaban J connectivity index is 1.45. The highest BCUT2D eigenvalue weighted by Crippen LogP contribution is 2.37. The summed E-state index contributed by atoms with van der Waals surface area (Å²) in [7, 11) is 2.11. The van der Waals surface area contributed by atoms with Gasteiger partial charge in [0.25, 0.3) is 5.91 Å². The number of ether oxygens (including phenoxy) is 1. The van der Waals surface area contributed by atoms with Crippen molar-refractivity contribution in [2.75, 3.05) is 44.7 Å². The first-order chi connectivity index (χ1) is 18.5. The molecule has 1 atom stereocenters. The zero-order chi connectivity index (χ0) is 26.2. The van der Waals surface area contributed by atoms with E-state index in [1.165, 1.54) is 0 Å². The number of nitrogens with one attached hydrogen (secondary N) is 1. The molecule has 0 radical (unpaired) electrons. The van der Waals surface area contributed by atoms with Crippen LogP contribution in [0, 0.1) is 0 Å². The fraction of sp³-hybridized carbons (Fsp3) is 0.276. The number of para-hydroxylation sites is 1. The van der Waals surface area contributed by atoms with E-state index in [4.69, 9.17) is 32.9 Å². The summed E-state index contributed by atoms with van der Waals surface area (Å²) in [6.45, 7) is 3.97. The van der Waals surface area contributed by atoms with Crippen LogP contribution >= 0.6 is 23.2 Å². The quantitative estimate of drug-likeness (QED) is 0.358. The number of piperazine rings is 1. The van der Waals surface area contributed by atoms with Gasteiger partial charge in [0.2, 0.25) is 0 Å². The normalized spacial score (nSPS) is 17.7. The van der Waals surface area contributed by atoms with Gasteiger partial charge in [-0.05, 0) is 37.4 Å². The predicted octanol–water partition coefficient (Wildman–Crippen LogP) is 5.61. The fourth-order valence-corrected chi connectivity index (χ4v) is 5.80. The zero-order valence-electron chi connectivity index (χ0n) is 21.0. The molecule has 0 saturated carbocycles. The molecule has 194 valence electrons. The predicted molar refractivity (Wildman–Crippen MR) is 151 cm³/mol. The minimum absolute atomic E-state index is 0.134. The summed E-state index contributed by atoms with van der Waals surface area (Å²) in [6.07, 6.45) is 4.13. The van der Waals surface area contributed by atoms with Gasteiger partial charge in [-0.15, -0.1) is 0 Å². The molecule has 2 aliphatic rings. The third-order valence-electron chi connectivity index (χ3n) is 7.22. The number of benzene rings is 2. The maximum absolute atomic E-state index is 13.9. The van der Waals surface area contributed by atoms with Gasteiger partial charge >= 0.3 is 0 Å². The van der Waals surface area contributed by atoms with E-state index in [0.29, 0.717) is 39.8 Å². The van der Waals surface area contributed by atoms with Crippen LogP contribution in [0.4, 0.5) is 5.69 Å². The Morgan fingerprint density at radius 1 is 1.03 bits per heavy atom. The molecule has 4 heterocycles. The number of hydrogen-bond donors (Lipinski definition) is 1. The van der Waals surface area contributed by atoms with Gasteiger partial charge in [-0.2, -0.15) is 0 Å². The first-order valence-electron chi connectivity index (χ1n) is 12.7. The summed E-state index contributed by atoms with van der Waals surface area (Å²) in [5.74, 6) is 0.662. The van der Waals surface area contributed by atoms with Gasteiger partial charge in [-0.1, -0.05) is 41.4 Å². The minimum Gasteiger partial charge on any atom is -0.493 e. The van der Waals surface area contributed by atoms with Crippen molar-refractivity contribution in [3.05, 3.63) is 82.1 Å². The summed E-state index contributed by atoms with van der Waals surface area (Å²) in [5, 5.41) is 5.18. The molecule has 2 aromatic carbocycles. The van der Waals surface area contributed by atoms with E-state index in [-0.39, 0.29) is 11.9 Å². The number of aromatic nitrogens is 2. The lowest BCUT2D eigenvalue weighted by Gasteiger charge is -2.36. The number of carbonyl (C=O) groups excluding carboxylic acids is 1. The SMILES string of the molecule is CN1CCN(c2c(C(=O)N[C@H]3CCOc4ccccc43)cnc3c(-c4cc(Cl)cc(Cl)c4)nccc23)CC1. The molecule has 1 saturated heterocycles. The standard InChI is InChI=1S/C29H27Cl2N5O2/c1-35-9-11-36(12-10-35)28-22-6-8-32-26(18-14-19(30)16-20(31)15-18)27(22)33-17-23(28)29(37)34-24-7-13-38-25-5-3-2-4-21(24)25/h2-6,8,14-17,24H,7,9-13H2,1H3,(H,34,37)/t24-/m0/s1. The lowest BCUT2D eigenvalue weighted by atomic mass is 9.99. The Labute approximate surface area is 231 Å². The monoisotopic (exact) mass is 547 g/mol. The molecular formula is C29H27Cl2N5O2. The smallest absolute Gasteiger partial charge is 0.255 e. The Bertz CT molecular complexity index is 1500. The highest BCUT2D eigenvalue weighted by Gasteiger charge is 2.28. The van der Waals surface area contributed by atoms with Crippen molar-refractivity contribution in [1.82, 2.24) is 20.2 Å². The van der Waals surface area contributed by atoms with E-state index >= 15 is 0 Å². The highest BCUT2D eigenvalue weighted by atomic mass is 35.5. The molecule has 0 unspecified atom stereocenters. The van der Waals surface area contributed by atoms with Gasteiger partial charge in [0, 0.05) is 71.6 Å². The van der Waals surface area contributed by atoms with Crippen molar-refractivity contribution in [2.24, 2.45) is 0 Å². The molecule has 7 nitrogen and oxygen atoms in total. The zero-order valence-corrected chi connectivity index (χ0v) is 22.5. The molecule has 2 aliphatic heterocycles. The maximum atomic E-state index is 13.9. The Morgan fingerprint density at radius 2 is 1.79 bits per heavy atom. The first-order valence-corrected chi connectivity index (χ1v) is 13.4. The highest BCUT2D eigenvalue weighted by molar-refractivity contribution is 6.35. The molecule has 2 aromatic heterocycles. The van der Waals surface area contributed by atoms with Gasteiger partial charge < -0.3 is 19.9 Å². The van der Waals surface area contributed by atoms with Crippen LogP contribution in [0.15, 0.2) is 60.9 Å². The van der Waals surface area contributed by atoms with E-state index in [1.54, 1.807) is 18.5 Å². The van der Waals surface area contributed by atoms with Gasteiger partial charge in [0.1, 0.15) is 5.75 Å². The second-order valence-electron chi connectivity index (χ2n) is 9.73. The molecule has 1 N–H and O–H groups in total. The minimum atomic E-state index is -0.154. The summed E-state index contributed by atoms with van der Waals surface area (Å²) in [4.78, 5) is 27.8. The van der Waals surface area contributed by atoms with Gasteiger partial charge in [-0.25, -0.2) is 0 Å². The summed E-state index contributed by atoms with van der Waals surface area (Å²) >= 11 is 12.6. The lowest BCUT2D eigenvalue weighted by molar-refractivity contribution is 0.0925. The van der Waals surface area contributed by atoms with Crippen LogP contribution in [0.25, 0.3) is 22.2 Å². The van der Waals surface area contributed by atoms with Gasteiger partial charge in [-0.3, -0.25) is 14.8 Å². The molecule has 0 bridgehead atoms. The molecule has 38 heavy (non-hydrogen) atoms. The number of nitrogens with zero attached hydrogens (tertiary/aromatic N) is 4. The third-order valence-corrected chi connectivity index (χ3v) is 7.66. The van der Waals surface area contributed by atoms with Crippen LogP contribution in [0.3, 0.4) is 0 Å². The van der Waals surface area contributed by atoms with Gasteiger partial charge in [0.15, 0.2) is 0 Å². The number of pyridine rings is 2. The van der Waals surface area contributed by atoms with Crippen molar-refractivity contribution < 1.29 is 9.53 Å². The maximum Gasteiger partial charge on any atom is 0.255 e. The number of carbonyl (C=O) groups is 1. The molecular weight excluding hydrogens is 521 g/mol. The van der Waals surface area contributed by atoms with Crippen LogP contribution in [0.5, 0.6) is 5.75 Å². The summed E-state index contributed by atoms with van der Waals surface area (Å²) in [6, 6.07) is 15.0. The van der Waals surface area contributed by atoms with E-state index in [0.717, 1.165) is 54.1 Å². The Hall–Kier alpha value is -3.39. The Morgan fingerprint density at radius 3 is 2.58 bits per heavy atom. The molecule has 1 amide bonds. The Kier molecular flexibility index (Phi) is 6.82. The van der Waals surface area contributed by atoms with E-state index in [1.807, 2.05) is 42.5 Å². The third kappa shape index (κ3) is 4.77. The van der Waals surface area contributed by atoms with Crippen LogP contribution in [-0.2, 0) is 0 Å². The van der Waals surface area contributed by atoms with E-state index in [9.17, 15) is 4.79 Å². The molecule has 9 heteroatoms. The second kappa shape index (κ2) is 10.4. The summed E-state index contributed by atoms with van der Waals surface area (Å²) in [5.41, 5.74) is 4.57. The molecule has 0 spiro atoms. The molecule has 0 aliphatic carbocycles. The van der Waals surface area contributed by atoms with Crippen LogP contribution in [-0.4, -0.2) is 60.6 Å². The topological polar surface area (TPSA) is 70.6 Å². The van der Waals surface area contributed by atoms with Crippen LogP contribution < -0.4 is 15.0 Å². The lowest BCUT2D eigenvalue weighted by Crippen LogP contribution is -2.45. The average Bonchev–Trinajstić information content (AvgIpc) is 2.92. The van der Waals surface area contributed by atoms with Crippen LogP contribution in [0.1, 0.15) is 28.4 Å². The van der Waals surface area contributed by atoms with Crippen molar-refractivity contribution in [2.45, 2.75) is 12.5 Å². The molecule has 1 fully saturated rings. The fourth-order valence-electron chi connectivity index (χ4n) is 5.28. The largest absolute Gasteiger partial charge is 0.493 e. The average molecular weight is 548 g/mol. The van der Waals surface area contributed by atoms with E-state index in [2.05, 4.69) is 27.1 Å². The first kappa shape index (κ1) is 24.9. The second-order valence-corrected chi connectivity index (χ2v) is 10.6. The van der Waals surface area contributed by atoms with E-state index < -0.39 is 0 Å². The summed E-state index contributed by atoms with van der Waals surface area (Å²) < 4.78 is 5.80. The number of rotatable bonds is 4.